The zero-order chi connectivity index (χ0) is 19.8. The second-order valence-electron chi connectivity index (χ2n) is 9.58. The molecule has 0 spiro atoms. The van der Waals surface area contributed by atoms with Crippen LogP contribution in [0.1, 0.15) is 83.5 Å². The summed E-state index contributed by atoms with van der Waals surface area (Å²) in [7, 11) is 6.87. The fraction of sp³-hybridized carbons (Fsp3) is 1.00. The third kappa shape index (κ3) is 7.38. The predicted octanol–water partition coefficient (Wildman–Crippen LogP) is 8.95. The minimum atomic E-state index is -1.43. The van der Waals surface area contributed by atoms with E-state index in [4.69, 9.17) is 28.8 Å². The summed E-state index contributed by atoms with van der Waals surface area (Å²) in [6, 6.07) is 0. The van der Waals surface area contributed by atoms with Gasteiger partial charge in [0.1, 0.15) is 0 Å². The minimum absolute atomic E-state index is 0.106. The molecule has 1 aliphatic heterocycles. The van der Waals surface area contributed by atoms with Gasteiger partial charge in [0.05, 0.1) is 0 Å². The van der Waals surface area contributed by atoms with Crippen LogP contribution in [0.15, 0.2) is 4.41 Å². The van der Waals surface area contributed by atoms with Crippen LogP contribution in [0.2, 0.25) is 19.6 Å². The molecule has 1 unspecified atom stereocenters. The molecule has 1 atom stereocenters. The third-order valence-electron chi connectivity index (χ3n) is 6.48. The first kappa shape index (κ1) is 24.9. The Morgan fingerprint density at radius 2 is 1.22 bits per heavy atom. The van der Waals surface area contributed by atoms with E-state index in [0.29, 0.717) is 5.78 Å². The van der Waals surface area contributed by atoms with E-state index in [1.807, 2.05) is 0 Å². The third-order valence-corrected chi connectivity index (χ3v) is 15.0. The summed E-state index contributed by atoms with van der Waals surface area (Å²) >= 11 is -0.106. The van der Waals surface area contributed by atoms with Gasteiger partial charge in [0, 0.05) is 0 Å². The van der Waals surface area contributed by atoms with Gasteiger partial charge in [-0.05, 0) is 44.1 Å². The quantitative estimate of drug-likeness (QED) is 0.249. The molecule has 2 saturated carbocycles. The molecule has 2 nitrogen and oxygen atoms in total. The van der Waals surface area contributed by atoms with Crippen LogP contribution in [0.25, 0.3) is 5.32 Å². The van der Waals surface area contributed by atoms with Crippen molar-refractivity contribution in [1.29, 1.82) is 0 Å². The molecule has 7 heteroatoms. The summed E-state index contributed by atoms with van der Waals surface area (Å²) in [5.74, 6) is 0.657. The first-order valence-corrected chi connectivity index (χ1v) is 20.5. The van der Waals surface area contributed by atoms with Crippen molar-refractivity contribution in [3.05, 3.63) is 5.32 Å². The van der Waals surface area contributed by atoms with Gasteiger partial charge in [0.25, 0.3) is 0 Å². The van der Waals surface area contributed by atoms with Gasteiger partial charge in [-0.2, -0.15) is 0 Å². The van der Waals surface area contributed by atoms with Gasteiger partial charge in [-0.15, -0.1) is 6.54 Å². The number of nitrogens with zero attached hydrogens (tertiary/aromatic N) is 2. The van der Waals surface area contributed by atoms with E-state index in [2.05, 4.69) is 19.6 Å². The summed E-state index contributed by atoms with van der Waals surface area (Å²) in [6.07, 6.45) is 18.8. The molecule has 3 aliphatic rings. The van der Waals surface area contributed by atoms with Gasteiger partial charge < -0.3 is 9.73 Å². The topological polar surface area (TPSA) is 26.5 Å². The second kappa shape index (κ2) is 12.5. The molecule has 3 fully saturated rings. The van der Waals surface area contributed by atoms with Crippen LogP contribution in [0.3, 0.4) is 0 Å². The Kier molecular flexibility index (Phi) is 11.5. The molecular formula is C20H40Cl2N2PPdSi-. The van der Waals surface area contributed by atoms with Crippen LogP contribution >= 0.6 is 26.1 Å². The van der Waals surface area contributed by atoms with Crippen LogP contribution in [0.4, 0.5) is 0 Å². The first-order chi connectivity index (χ1) is 12.9. The Labute approximate surface area is 186 Å². The van der Waals surface area contributed by atoms with Crippen LogP contribution in [0.5, 0.6) is 0 Å². The number of rotatable bonds is 4. The van der Waals surface area contributed by atoms with E-state index in [0.717, 1.165) is 17.9 Å². The average Bonchev–Trinajstić information content (AvgIpc) is 2.68. The Morgan fingerprint density at radius 3 is 1.59 bits per heavy atom. The molecule has 0 amide bonds. The first-order valence-electron chi connectivity index (χ1n) is 11.1. The van der Waals surface area contributed by atoms with E-state index < -0.39 is 15.3 Å². The monoisotopic (exact) mass is 543 g/mol. The molecule has 0 aromatic carbocycles. The van der Waals surface area contributed by atoms with Crippen molar-refractivity contribution < 1.29 is 15.9 Å². The Hall–Kier alpha value is 1.65. The van der Waals surface area contributed by atoms with Gasteiger partial charge in [-0.25, -0.2) is 0 Å². The Morgan fingerprint density at radius 1 is 0.778 bits per heavy atom. The van der Waals surface area contributed by atoms with Crippen molar-refractivity contribution in [2.75, 3.05) is 6.54 Å². The Balaban J connectivity index is 0.000000817. The molecule has 3 rings (SSSR count). The van der Waals surface area contributed by atoms with Gasteiger partial charge >= 0.3 is 35.0 Å². The molecule has 0 radical (unpaired) electrons. The maximum absolute atomic E-state index is 5.97. The molecular weight excluding hydrogens is 505 g/mol. The van der Waals surface area contributed by atoms with Crippen molar-refractivity contribution in [3.8, 4) is 0 Å². The van der Waals surface area contributed by atoms with Crippen LogP contribution in [-0.4, -0.2) is 31.9 Å². The van der Waals surface area contributed by atoms with Gasteiger partial charge in [0.15, 0.2) is 8.24 Å². The summed E-state index contributed by atoms with van der Waals surface area (Å²) in [4.78, 5) is 0. The number of piperidine rings is 1. The number of hydrogen-bond acceptors (Lipinski definition) is 1. The molecule has 2 aliphatic carbocycles. The maximum atomic E-state index is 5.97. The molecule has 1 saturated heterocycles. The van der Waals surface area contributed by atoms with Crippen LogP contribution < -0.4 is 0 Å². The van der Waals surface area contributed by atoms with E-state index in [-0.39, 0.29) is 15.9 Å². The average molecular weight is 545 g/mol. The summed E-state index contributed by atoms with van der Waals surface area (Å²) in [5.41, 5.74) is 1.88. The van der Waals surface area contributed by atoms with Crippen molar-refractivity contribution in [2.45, 2.75) is 120 Å². The normalized spacial score (nSPS) is 26.3. The van der Waals surface area contributed by atoms with E-state index in [9.17, 15) is 0 Å². The number of halogens is 2. The van der Waals surface area contributed by atoms with E-state index in [1.54, 1.807) is 0 Å². The Bertz CT molecular complexity index is 417. The van der Waals surface area contributed by atoms with E-state index in [1.165, 1.54) is 83.5 Å². The van der Waals surface area contributed by atoms with Gasteiger partial charge in [-0.3, -0.25) is 0 Å². The van der Waals surface area contributed by atoms with Gasteiger partial charge in [0.2, 0.25) is 0 Å². The zero-order valence-electron chi connectivity index (χ0n) is 17.5. The van der Waals surface area contributed by atoms with Crippen molar-refractivity contribution in [2.24, 2.45) is 4.41 Å². The zero-order valence-corrected chi connectivity index (χ0v) is 22.5. The van der Waals surface area contributed by atoms with E-state index >= 15 is 0 Å². The second-order valence-corrected chi connectivity index (χ2v) is 20.7. The summed E-state index contributed by atoms with van der Waals surface area (Å²) in [6.45, 7) is 8.62. The number of hydrogen-bond donors (Lipinski definition) is 0. The standard InChI is InChI=1S/C20H40N2PSi.2ClH.Pd/c1-24(2,3)22-23(18-12-6-4-7-13-18,19-14-8-5-9-15-19)20-16-10-11-17-21-20;;;/h18-20H,4-17H2,1-3H3;2*1H;/q-1;;;+2/p-2. The van der Waals surface area contributed by atoms with Crippen molar-refractivity contribution >= 4 is 34.3 Å². The summed E-state index contributed by atoms with van der Waals surface area (Å²) < 4.78 is 5.97. The van der Waals surface area contributed by atoms with Crippen molar-refractivity contribution in [3.63, 3.8) is 0 Å². The SMILES string of the molecule is C[Si](C)(C)N=P(C1CCCCC1)(C1CCCCC1)C1CCCC[N-]1.[Cl][Pd][Cl]. The fourth-order valence-corrected chi connectivity index (χ4v) is 16.6. The molecule has 27 heavy (non-hydrogen) atoms. The molecule has 0 bridgehead atoms. The van der Waals surface area contributed by atoms with Gasteiger partial charge in [-0.1, -0.05) is 83.2 Å². The fourth-order valence-electron chi connectivity index (χ4n) is 5.63. The van der Waals surface area contributed by atoms with Crippen LogP contribution in [0, 0.1) is 0 Å². The molecule has 0 N–H and O–H groups in total. The molecule has 0 aromatic heterocycles. The predicted molar refractivity (Wildman–Crippen MR) is 124 cm³/mol. The van der Waals surface area contributed by atoms with Crippen LogP contribution in [-0.2, 0) is 15.9 Å². The summed E-state index contributed by atoms with van der Waals surface area (Å²) in [5, 5.41) is 5.31. The molecule has 1 heterocycles. The molecule has 164 valence electrons. The molecule has 0 aromatic rings. The van der Waals surface area contributed by atoms with Crippen molar-refractivity contribution in [1.82, 2.24) is 0 Å².